The average Bonchev–Trinajstić information content (AvgIpc) is 2.38. The summed E-state index contributed by atoms with van der Waals surface area (Å²) in [6.07, 6.45) is 0.432. The summed E-state index contributed by atoms with van der Waals surface area (Å²) in [5.74, 6) is -0.272. The SMILES string of the molecule is COCCN(CCC(N)=S)C(=O)c1cccc(=O)[nH]1. The third-order valence-corrected chi connectivity index (χ3v) is 2.68. The maximum absolute atomic E-state index is 12.2. The molecule has 0 saturated heterocycles. The number of aromatic amines is 1. The van der Waals surface area contributed by atoms with Crippen LogP contribution in [0.5, 0.6) is 0 Å². The van der Waals surface area contributed by atoms with E-state index in [-0.39, 0.29) is 17.2 Å². The van der Waals surface area contributed by atoms with Crippen LogP contribution in [0.3, 0.4) is 0 Å². The van der Waals surface area contributed by atoms with Gasteiger partial charge in [0.25, 0.3) is 5.91 Å². The second kappa shape index (κ2) is 7.65. The van der Waals surface area contributed by atoms with Crippen LogP contribution >= 0.6 is 12.2 Å². The van der Waals surface area contributed by atoms with Gasteiger partial charge in [-0.2, -0.15) is 0 Å². The van der Waals surface area contributed by atoms with Crippen LogP contribution in [0.15, 0.2) is 23.0 Å². The van der Waals surface area contributed by atoms with Gasteiger partial charge in [0.1, 0.15) is 5.69 Å². The highest BCUT2D eigenvalue weighted by Gasteiger charge is 2.16. The van der Waals surface area contributed by atoms with E-state index in [4.69, 9.17) is 22.7 Å². The zero-order chi connectivity index (χ0) is 14.3. The van der Waals surface area contributed by atoms with Crippen molar-refractivity contribution in [2.45, 2.75) is 6.42 Å². The number of pyridine rings is 1. The molecule has 1 amide bonds. The highest BCUT2D eigenvalue weighted by molar-refractivity contribution is 7.80. The van der Waals surface area contributed by atoms with E-state index in [2.05, 4.69) is 4.98 Å². The minimum Gasteiger partial charge on any atom is -0.393 e. The molecule has 7 heteroatoms. The third-order valence-electron chi connectivity index (χ3n) is 2.48. The average molecular weight is 283 g/mol. The van der Waals surface area contributed by atoms with E-state index in [1.54, 1.807) is 18.1 Å². The Labute approximate surface area is 116 Å². The summed E-state index contributed by atoms with van der Waals surface area (Å²) in [6.45, 7) is 1.21. The molecule has 0 aliphatic carbocycles. The number of thiocarbonyl (C=S) groups is 1. The molecule has 0 atom stereocenters. The van der Waals surface area contributed by atoms with Crippen LogP contribution in [0.2, 0.25) is 0 Å². The molecule has 6 nitrogen and oxygen atoms in total. The molecule has 19 heavy (non-hydrogen) atoms. The molecule has 0 bridgehead atoms. The summed E-state index contributed by atoms with van der Waals surface area (Å²) in [6, 6.07) is 4.45. The molecule has 1 aromatic heterocycles. The normalized spacial score (nSPS) is 10.2. The van der Waals surface area contributed by atoms with E-state index in [1.165, 1.54) is 12.1 Å². The predicted octanol–water partition coefficient (Wildman–Crippen LogP) is 0.140. The Morgan fingerprint density at radius 3 is 2.79 bits per heavy atom. The Hall–Kier alpha value is -1.73. The summed E-state index contributed by atoms with van der Waals surface area (Å²) in [7, 11) is 1.56. The zero-order valence-electron chi connectivity index (χ0n) is 10.7. The highest BCUT2D eigenvalue weighted by atomic mass is 32.1. The molecule has 3 N–H and O–H groups in total. The lowest BCUT2D eigenvalue weighted by atomic mass is 10.3. The minimum atomic E-state index is -0.313. The van der Waals surface area contributed by atoms with Crippen LogP contribution in [-0.4, -0.2) is 47.6 Å². The zero-order valence-corrected chi connectivity index (χ0v) is 11.5. The number of nitrogens with two attached hydrogens (primary N) is 1. The van der Waals surface area contributed by atoms with Gasteiger partial charge < -0.3 is 20.4 Å². The van der Waals surface area contributed by atoms with Gasteiger partial charge in [0.2, 0.25) is 5.56 Å². The molecule has 0 unspecified atom stereocenters. The number of carbonyl (C=O) groups is 1. The Bertz CT molecular complexity index is 501. The molecule has 1 aromatic rings. The lowest BCUT2D eigenvalue weighted by Crippen LogP contribution is -2.37. The largest absolute Gasteiger partial charge is 0.393 e. The van der Waals surface area contributed by atoms with Gasteiger partial charge in [-0.3, -0.25) is 9.59 Å². The standard InChI is InChI=1S/C12H17N3O3S/c1-18-8-7-15(6-5-10(13)19)12(17)9-3-2-4-11(16)14-9/h2-4H,5-8H2,1H3,(H2,13,19)(H,14,16). The number of ether oxygens (including phenoxy) is 1. The molecular weight excluding hydrogens is 266 g/mol. The smallest absolute Gasteiger partial charge is 0.270 e. The van der Waals surface area contributed by atoms with Crippen LogP contribution in [0, 0.1) is 0 Å². The Morgan fingerprint density at radius 1 is 1.47 bits per heavy atom. The topological polar surface area (TPSA) is 88.4 Å². The van der Waals surface area contributed by atoms with Gasteiger partial charge in [-0.15, -0.1) is 0 Å². The van der Waals surface area contributed by atoms with Crippen molar-refractivity contribution >= 4 is 23.1 Å². The molecule has 0 saturated carbocycles. The van der Waals surface area contributed by atoms with Crippen molar-refractivity contribution in [3.63, 3.8) is 0 Å². The Kier molecular flexibility index (Phi) is 6.17. The van der Waals surface area contributed by atoms with E-state index in [0.717, 1.165) is 0 Å². The maximum Gasteiger partial charge on any atom is 0.270 e. The molecule has 0 aliphatic heterocycles. The lowest BCUT2D eigenvalue weighted by Gasteiger charge is -2.21. The van der Waals surface area contributed by atoms with Crippen LogP contribution < -0.4 is 11.3 Å². The number of H-pyrrole nitrogens is 1. The maximum atomic E-state index is 12.2. The number of aromatic nitrogens is 1. The van der Waals surface area contributed by atoms with Crippen molar-refractivity contribution in [3.05, 3.63) is 34.2 Å². The predicted molar refractivity (Wildman–Crippen MR) is 76.2 cm³/mol. The van der Waals surface area contributed by atoms with Gasteiger partial charge in [-0.05, 0) is 6.07 Å². The van der Waals surface area contributed by atoms with Gasteiger partial charge in [-0.25, -0.2) is 0 Å². The van der Waals surface area contributed by atoms with Crippen LogP contribution in [0.25, 0.3) is 0 Å². The van der Waals surface area contributed by atoms with Gasteiger partial charge >= 0.3 is 0 Å². The molecule has 0 aliphatic rings. The molecular formula is C12H17N3O3S. The van der Waals surface area contributed by atoms with Crippen molar-refractivity contribution in [3.8, 4) is 0 Å². The molecule has 1 rings (SSSR count). The first kappa shape index (κ1) is 15.3. The second-order valence-corrected chi connectivity index (χ2v) is 4.45. The quantitative estimate of drug-likeness (QED) is 0.695. The molecule has 0 spiro atoms. The number of hydrogen-bond acceptors (Lipinski definition) is 4. The van der Waals surface area contributed by atoms with Crippen molar-refractivity contribution in [2.75, 3.05) is 26.8 Å². The number of rotatable bonds is 7. The second-order valence-electron chi connectivity index (χ2n) is 3.93. The number of carbonyl (C=O) groups excluding carboxylic acids is 1. The van der Waals surface area contributed by atoms with Crippen molar-refractivity contribution in [1.29, 1.82) is 0 Å². The number of methoxy groups -OCH3 is 1. The monoisotopic (exact) mass is 283 g/mol. The summed E-state index contributed by atoms with van der Waals surface area (Å²) >= 11 is 4.80. The van der Waals surface area contributed by atoms with E-state index in [0.29, 0.717) is 31.1 Å². The molecule has 0 radical (unpaired) electrons. The van der Waals surface area contributed by atoms with Crippen LogP contribution in [0.4, 0.5) is 0 Å². The lowest BCUT2D eigenvalue weighted by molar-refractivity contribution is 0.0695. The van der Waals surface area contributed by atoms with Gasteiger partial charge in [0.05, 0.1) is 11.6 Å². The third kappa shape index (κ3) is 5.19. The molecule has 0 aromatic carbocycles. The van der Waals surface area contributed by atoms with E-state index in [1.807, 2.05) is 0 Å². The van der Waals surface area contributed by atoms with E-state index in [9.17, 15) is 9.59 Å². The van der Waals surface area contributed by atoms with Gasteiger partial charge in [0.15, 0.2) is 0 Å². The molecule has 104 valence electrons. The fourth-order valence-corrected chi connectivity index (χ4v) is 1.60. The van der Waals surface area contributed by atoms with E-state index >= 15 is 0 Å². The Balaban J connectivity index is 2.80. The molecule has 0 fully saturated rings. The van der Waals surface area contributed by atoms with Crippen LogP contribution in [0.1, 0.15) is 16.9 Å². The fraction of sp³-hybridized carbons (Fsp3) is 0.417. The van der Waals surface area contributed by atoms with Crippen LogP contribution in [-0.2, 0) is 4.74 Å². The first-order chi connectivity index (χ1) is 9.04. The van der Waals surface area contributed by atoms with Gasteiger partial charge in [0, 0.05) is 32.7 Å². The summed E-state index contributed by atoms with van der Waals surface area (Å²) < 4.78 is 4.96. The number of nitrogens with one attached hydrogen (secondary N) is 1. The Morgan fingerprint density at radius 2 is 2.21 bits per heavy atom. The molecule has 1 heterocycles. The highest BCUT2D eigenvalue weighted by Crippen LogP contribution is 2.01. The first-order valence-corrected chi connectivity index (χ1v) is 6.21. The summed E-state index contributed by atoms with van der Waals surface area (Å²) in [4.78, 5) is 27.8. The van der Waals surface area contributed by atoms with Crippen molar-refractivity contribution < 1.29 is 9.53 Å². The first-order valence-electron chi connectivity index (χ1n) is 5.80. The van der Waals surface area contributed by atoms with Crippen molar-refractivity contribution in [1.82, 2.24) is 9.88 Å². The van der Waals surface area contributed by atoms with Gasteiger partial charge in [-0.1, -0.05) is 18.3 Å². The number of amides is 1. The van der Waals surface area contributed by atoms with E-state index < -0.39 is 0 Å². The summed E-state index contributed by atoms with van der Waals surface area (Å²) in [5, 5.41) is 0. The fourth-order valence-electron chi connectivity index (χ4n) is 1.50. The minimum absolute atomic E-state index is 0.242. The number of hydrogen-bond donors (Lipinski definition) is 2. The summed E-state index contributed by atoms with van der Waals surface area (Å²) in [5.41, 5.74) is 5.37. The number of nitrogens with zero attached hydrogens (tertiary/aromatic N) is 1. The van der Waals surface area contributed by atoms with Crippen molar-refractivity contribution in [2.24, 2.45) is 5.73 Å².